The Morgan fingerprint density at radius 2 is 1.59 bits per heavy atom. The number of benzene rings is 3. The summed E-state index contributed by atoms with van der Waals surface area (Å²) in [5.74, 6) is -2.94. The minimum Gasteiger partial charge on any atom is -0.508 e. The van der Waals surface area contributed by atoms with E-state index in [2.05, 4.69) is 15.7 Å². The van der Waals surface area contributed by atoms with E-state index in [0.29, 0.717) is 5.69 Å². The number of aryl methyl sites for hydroxylation is 1. The molecule has 5 N–H and O–H groups in total. The van der Waals surface area contributed by atoms with Crippen LogP contribution >= 0.6 is 0 Å². The molecule has 32 heavy (non-hydrogen) atoms. The molecule has 0 aliphatic heterocycles. The number of hydrogen-bond acceptors (Lipinski definition) is 6. The van der Waals surface area contributed by atoms with Gasteiger partial charge in [-0.1, -0.05) is 29.8 Å². The molecule has 9 heteroatoms. The van der Waals surface area contributed by atoms with Gasteiger partial charge >= 0.3 is 11.8 Å². The number of nitrogens with one attached hydrogen (secondary N) is 3. The van der Waals surface area contributed by atoms with Crippen LogP contribution in [0.1, 0.15) is 21.5 Å². The summed E-state index contributed by atoms with van der Waals surface area (Å²) in [5, 5.41) is 27.7. The van der Waals surface area contributed by atoms with Crippen LogP contribution in [0.4, 0.5) is 11.4 Å². The van der Waals surface area contributed by atoms with E-state index in [1.807, 2.05) is 24.5 Å². The second-order valence-corrected chi connectivity index (χ2v) is 6.76. The summed E-state index contributed by atoms with van der Waals surface area (Å²) >= 11 is 0. The third-order valence-electron chi connectivity index (χ3n) is 4.32. The van der Waals surface area contributed by atoms with Crippen molar-refractivity contribution >= 4 is 35.3 Å². The van der Waals surface area contributed by atoms with Crippen molar-refractivity contribution in [2.45, 2.75) is 6.92 Å². The molecule has 3 amide bonds. The molecule has 0 unspecified atom stereocenters. The van der Waals surface area contributed by atoms with Crippen molar-refractivity contribution in [1.82, 2.24) is 5.43 Å². The van der Waals surface area contributed by atoms with Crippen molar-refractivity contribution in [3.63, 3.8) is 0 Å². The SMILES string of the molecule is Cc1ccc(NC(=O)c2ccccc2NC(=O)C(=O)N/N=C/c2ccc(O)cc2O)cc1. The Morgan fingerprint density at radius 1 is 0.875 bits per heavy atom. The van der Waals surface area contributed by atoms with Gasteiger partial charge in [-0.3, -0.25) is 14.4 Å². The lowest BCUT2D eigenvalue weighted by molar-refractivity contribution is -0.136. The van der Waals surface area contributed by atoms with Gasteiger partial charge in [0.15, 0.2) is 0 Å². The molecule has 0 atom stereocenters. The molecule has 0 aliphatic carbocycles. The molecule has 0 radical (unpaired) electrons. The summed E-state index contributed by atoms with van der Waals surface area (Å²) in [7, 11) is 0. The third kappa shape index (κ3) is 5.70. The number of rotatable bonds is 5. The highest BCUT2D eigenvalue weighted by Gasteiger charge is 2.17. The standard InChI is InChI=1S/C23H20N4O5/c1-14-6-9-16(10-7-14)25-21(30)18-4-2-3-5-19(18)26-22(31)23(32)27-24-13-15-8-11-17(28)12-20(15)29/h2-13,28-29H,1H3,(H,25,30)(H,26,31)(H,27,32)/b24-13+. The van der Waals surface area contributed by atoms with E-state index in [4.69, 9.17) is 0 Å². The number of hydrogen-bond donors (Lipinski definition) is 5. The first kappa shape index (κ1) is 22.0. The van der Waals surface area contributed by atoms with Crippen molar-refractivity contribution in [3.05, 3.63) is 83.4 Å². The number of para-hydroxylation sites is 1. The number of aromatic hydroxyl groups is 2. The largest absolute Gasteiger partial charge is 0.508 e. The van der Waals surface area contributed by atoms with Gasteiger partial charge in [-0.05, 0) is 43.3 Å². The second-order valence-electron chi connectivity index (χ2n) is 6.76. The summed E-state index contributed by atoms with van der Waals surface area (Å²) < 4.78 is 0. The van der Waals surface area contributed by atoms with Crippen LogP contribution in [0.5, 0.6) is 11.5 Å². The van der Waals surface area contributed by atoms with Crippen LogP contribution < -0.4 is 16.1 Å². The van der Waals surface area contributed by atoms with Crippen LogP contribution in [-0.2, 0) is 9.59 Å². The van der Waals surface area contributed by atoms with Crippen LogP contribution in [0.15, 0.2) is 71.8 Å². The molecule has 162 valence electrons. The number of amides is 3. The average molecular weight is 432 g/mol. The van der Waals surface area contributed by atoms with Gasteiger partial charge in [0.05, 0.1) is 17.5 Å². The van der Waals surface area contributed by atoms with Gasteiger partial charge in [0, 0.05) is 17.3 Å². The van der Waals surface area contributed by atoms with E-state index in [1.165, 1.54) is 24.3 Å². The van der Waals surface area contributed by atoms with Gasteiger partial charge < -0.3 is 20.8 Å². The minimum atomic E-state index is -1.08. The molecule has 0 fully saturated rings. The summed E-state index contributed by atoms with van der Waals surface area (Å²) in [6.45, 7) is 1.93. The van der Waals surface area contributed by atoms with E-state index in [1.54, 1.807) is 24.3 Å². The summed E-state index contributed by atoms with van der Waals surface area (Å²) in [4.78, 5) is 36.9. The number of phenols is 2. The number of nitrogens with zero attached hydrogens (tertiary/aromatic N) is 1. The molecular formula is C23H20N4O5. The Morgan fingerprint density at radius 3 is 2.31 bits per heavy atom. The number of carbonyl (C=O) groups excluding carboxylic acids is 3. The number of hydrazone groups is 1. The molecular weight excluding hydrogens is 412 g/mol. The van der Waals surface area contributed by atoms with Crippen LogP contribution in [0.2, 0.25) is 0 Å². The van der Waals surface area contributed by atoms with E-state index in [9.17, 15) is 24.6 Å². The summed E-state index contributed by atoms with van der Waals surface area (Å²) in [6, 6.07) is 17.3. The molecule has 3 rings (SSSR count). The highest BCUT2D eigenvalue weighted by atomic mass is 16.3. The highest BCUT2D eigenvalue weighted by molar-refractivity contribution is 6.40. The number of phenolic OH excluding ortho intramolecular Hbond substituents is 2. The van der Waals surface area contributed by atoms with Gasteiger partial charge in [-0.15, -0.1) is 0 Å². The zero-order chi connectivity index (χ0) is 23.1. The Hall–Kier alpha value is -4.66. The Bertz CT molecular complexity index is 1190. The van der Waals surface area contributed by atoms with Crippen molar-refractivity contribution in [1.29, 1.82) is 0 Å². The Labute approximate surface area is 183 Å². The molecule has 3 aromatic carbocycles. The average Bonchev–Trinajstić information content (AvgIpc) is 2.77. The smallest absolute Gasteiger partial charge is 0.329 e. The van der Waals surface area contributed by atoms with Crippen LogP contribution in [-0.4, -0.2) is 34.1 Å². The zero-order valence-corrected chi connectivity index (χ0v) is 17.0. The lowest BCUT2D eigenvalue weighted by Gasteiger charge is -2.11. The topological polar surface area (TPSA) is 140 Å². The van der Waals surface area contributed by atoms with Gasteiger partial charge in [-0.2, -0.15) is 5.10 Å². The number of anilines is 2. The quantitative estimate of drug-likeness (QED) is 0.240. The predicted octanol–water partition coefficient (Wildman–Crippen LogP) is 2.75. The lowest BCUT2D eigenvalue weighted by atomic mass is 10.1. The van der Waals surface area contributed by atoms with E-state index >= 15 is 0 Å². The van der Waals surface area contributed by atoms with Crippen LogP contribution in [0.3, 0.4) is 0 Å². The maximum atomic E-state index is 12.6. The molecule has 0 aliphatic rings. The predicted molar refractivity (Wildman–Crippen MR) is 120 cm³/mol. The first-order valence-electron chi connectivity index (χ1n) is 9.47. The van der Waals surface area contributed by atoms with Gasteiger partial charge in [0.2, 0.25) is 0 Å². The van der Waals surface area contributed by atoms with Crippen molar-refractivity contribution in [3.8, 4) is 11.5 Å². The molecule has 0 heterocycles. The first-order chi connectivity index (χ1) is 15.3. The second kappa shape index (κ2) is 9.90. The zero-order valence-electron chi connectivity index (χ0n) is 17.0. The molecule has 0 saturated carbocycles. The fraction of sp³-hybridized carbons (Fsp3) is 0.0435. The van der Waals surface area contributed by atoms with Crippen molar-refractivity contribution in [2.75, 3.05) is 10.6 Å². The summed E-state index contributed by atoms with van der Waals surface area (Å²) in [5.41, 5.74) is 4.21. The van der Waals surface area contributed by atoms with Crippen molar-refractivity contribution in [2.24, 2.45) is 5.10 Å². The lowest BCUT2D eigenvalue weighted by Crippen LogP contribution is -2.33. The molecule has 3 aromatic rings. The molecule has 0 aromatic heterocycles. The fourth-order valence-electron chi connectivity index (χ4n) is 2.66. The minimum absolute atomic E-state index is 0.131. The molecule has 9 nitrogen and oxygen atoms in total. The molecule has 0 spiro atoms. The first-order valence-corrected chi connectivity index (χ1v) is 9.47. The van der Waals surface area contributed by atoms with E-state index in [0.717, 1.165) is 17.8 Å². The van der Waals surface area contributed by atoms with E-state index in [-0.39, 0.29) is 28.3 Å². The fourth-order valence-corrected chi connectivity index (χ4v) is 2.66. The van der Waals surface area contributed by atoms with Crippen molar-refractivity contribution < 1.29 is 24.6 Å². The summed E-state index contributed by atoms with van der Waals surface area (Å²) in [6.07, 6.45) is 1.11. The van der Waals surface area contributed by atoms with Crippen LogP contribution in [0, 0.1) is 6.92 Å². The van der Waals surface area contributed by atoms with Gasteiger partial charge in [0.1, 0.15) is 11.5 Å². The molecule has 0 bridgehead atoms. The molecule has 0 saturated heterocycles. The Balaban J connectivity index is 1.64. The van der Waals surface area contributed by atoms with Crippen LogP contribution in [0.25, 0.3) is 0 Å². The van der Waals surface area contributed by atoms with E-state index < -0.39 is 17.7 Å². The Kier molecular flexibility index (Phi) is 6.81. The number of carbonyl (C=O) groups is 3. The maximum Gasteiger partial charge on any atom is 0.329 e. The third-order valence-corrected chi connectivity index (χ3v) is 4.32. The highest BCUT2D eigenvalue weighted by Crippen LogP contribution is 2.21. The van der Waals surface area contributed by atoms with Gasteiger partial charge in [0.25, 0.3) is 5.91 Å². The monoisotopic (exact) mass is 432 g/mol. The normalized spacial score (nSPS) is 10.5. The maximum absolute atomic E-state index is 12.6. The van der Waals surface area contributed by atoms with Gasteiger partial charge in [-0.25, -0.2) is 5.43 Å².